The van der Waals surface area contributed by atoms with Crippen molar-refractivity contribution in [3.8, 4) is 11.5 Å². The van der Waals surface area contributed by atoms with Crippen LogP contribution in [0.15, 0.2) is 138 Å². The van der Waals surface area contributed by atoms with Gasteiger partial charge >= 0.3 is 0 Å². The molecule has 2 aliphatic rings. The summed E-state index contributed by atoms with van der Waals surface area (Å²) < 4.78 is 162. The van der Waals surface area contributed by atoms with Crippen molar-refractivity contribution in [2.45, 2.75) is 32.8 Å². The predicted octanol–water partition coefficient (Wildman–Crippen LogP) is 5.01. The van der Waals surface area contributed by atoms with E-state index in [0.29, 0.717) is 23.7 Å². The van der Waals surface area contributed by atoms with Crippen molar-refractivity contribution in [3.05, 3.63) is 143 Å². The van der Waals surface area contributed by atoms with Gasteiger partial charge in [-0.25, -0.2) is 16.8 Å². The van der Waals surface area contributed by atoms with Crippen molar-refractivity contribution in [3.63, 3.8) is 0 Å². The fraction of sp³-hybridized carbons (Fsp3) is 0.217. The van der Waals surface area contributed by atoms with E-state index in [4.69, 9.17) is 27.8 Å². The Labute approximate surface area is 422 Å². The number of furan rings is 2. The minimum absolute atomic E-state index is 0.00858. The van der Waals surface area contributed by atoms with Gasteiger partial charge in [-0.2, -0.15) is 25.4 Å². The number of aliphatic hydroxyl groups is 2. The molecule has 0 spiro atoms. The molecule has 0 radical (unpaired) electrons. The topological polar surface area (TPSA) is 345 Å². The van der Waals surface area contributed by atoms with Crippen LogP contribution in [0.2, 0.25) is 0 Å². The van der Waals surface area contributed by atoms with Crippen molar-refractivity contribution in [1.29, 1.82) is 0 Å². The lowest BCUT2D eigenvalue weighted by Crippen LogP contribution is -2.40. The fourth-order valence-corrected chi connectivity index (χ4v) is 12.1. The SMILES string of the molecule is O=C(Nc1ccc(/C(O)=C(\O)c2ccc(NC(=O)c3ccc(OCc4ccco4)c(S(=O)(=O)N4CCOCC4)c3)cc2S(=O)(=O)O)c(S(=O)(=O)O)c1)c1ccc(OCc2ccco2)c(S(=O)(=O)N2CCOCC2)c1. The van der Waals surface area contributed by atoms with E-state index < -0.39 is 84.5 Å². The lowest BCUT2D eigenvalue weighted by Gasteiger charge is -2.27. The van der Waals surface area contributed by atoms with Gasteiger partial charge in [0, 0.05) is 59.8 Å². The third-order valence-corrected chi connectivity index (χ3v) is 16.9. The van der Waals surface area contributed by atoms with Gasteiger partial charge in [0.25, 0.3) is 32.1 Å². The van der Waals surface area contributed by atoms with Crippen LogP contribution in [0.3, 0.4) is 0 Å². The average Bonchev–Trinajstić information content (AvgIpc) is 4.12. The molecule has 2 aliphatic heterocycles. The zero-order valence-corrected chi connectivity index (χ0v) is 41.6. The summed E-state index contributed by atoms with van der Waals surface area (Å²) >= 11 is 0. The first kappa shape index (κ1) is 53.2. The molecule has 4 aromatic carbocycles. The van der Waals surface area contributed by atoms with Crippen LogP contribution in [0.25, 0.3) is 11.5 Å². The molecule has 24 nitrogen and oxygen atoms in total. The molecular formula is C46H44N4O20S4. The number of ether oxygens (including phenoxy) is 4. The molecule has 2 aromatic heterocycles. The van der Waals surface area contributed by atoms with Crippen molar-refractivity contribution >= 4 is 75.0 Å². The molecule has 2 saturated heterocycles. The standard InChI is InChI=1S/C46H44N4O20S4/c51-43(35-9-7-31(25-39(35)73(59,60)61)47-45(53)29-5-11-37(69-27-33-3-1-17-67-33)41(23-29)71(55,56)49-13-19-65-20-14-49)44(52)36-10-8-32(26-40(36)74(62,63)64)48-46(54)30-6-12-38(70-28-34-4-2-18-68-34)42(24-30)72(57,58)50-15-21-66-22-16-50/h1-12,17-18,23-26,51-52H,13-16,19-22,27-28H2,(H,47,53)(H,48,54)(H,59,60,61)(H,62,63,64)/b44-43+. The summed E-state index contributed by atoms with van der Waals surface area (Å²) in [7, 11) is -19.3. The fourth-order valence-electron chi connectivity index (χ4n) is 7.56. The number of sulfonamides is 2. The number of hydrogen-bond donors (Lipinski definition) is 6. The summed E-state index contributed by atoms with van der Waals surface area (Å²) in [5.41, 5.74) is -2.84. The summed E-state index contributed by atoms with van der Waals surface area (Å²) in [5.74, 6) is -4.17. The number of anilines is 2. The van der Waals surface area contributed by atoms with Gasteiger partial charge < -0.3 is 48.6 Å². The molecule has 6 N–H and O–H groups in total. The van der Waals surface area contributed by atoms with E-state index >= 15 is 0 Å². The lowest BCUT2D eigenvalue weighted by molar-refractivity contribution is 0.0729. The Balaban J connectivity index is 1.06. The van der Waals surface area contributed by atoms with Crippen molar-refractivity contribution in [2.24, 2.45) is 0 Å². The number of carbonyl (C=O) groups is 2. The molecule has 28 heteroatoms. The van der Waals surface area contributed by atoms with Gasteiger partial charge in [0.2, 0.25) is 20.0 Å². The Morgan fingerprint density at radius 1 is 0.514 bits per heavy atom. The van der Waals surface area contributed by atoms with Gasteiger partial charge in [0.1, 0.15) is 55.8 Å². The molecule has 0 unspecified atom stereocenters. The highest BCUT2D eigenvalue weighted by Gasteiger charge is 2.33. The van der Waals surface area contributed by atoms with E-state index in [2.05, 4.69) is 10.6 Å². The number of rotatable bonds is 18. The monoisotopic (exact) mass is 1100 g/mol. The molecule has 392 valence electrons. The van der Waals surface area contributed by atoms with Crippen LogP contribution in [0.4, 0.5) is 11.4 Å². The number of morpholine rings is 2. The normalized spacial score (nSPS) is 15.5. The van der Waals surface area contributed by atoms with Gasteiger partial charge in [-0.3, -0.25) is 18.7 Å². The third kappa shape index (κ3) is 11.9. The number of carbonyl (C=O) groups excluding carboxylic acids is 2. The summed E-state index contributed by atoms with van der Waals surface area (Å²) in [4.78, 5) is 24.3. The molecule has 0 bridgehead atoms. The zero-order valence-electron chi connectivity index (χ0n) is 38.3. The molecule has 6 aromatic rings. The van der Waals surface area contributed by atoms with E-state index in [1.54, 1.807) is 24.3 Å². The van der Waals surface area contributed by atoms with Crippen molar-refractivity contribution < 1.29 is 90.4 Å². The van der Waals surface area contributed by atoms with Crippen LogP contribution in [-0.2, 0) is 63.0 Å². The van der Waals surface area contributed by atoms with Crippen LogP contribution in [-0.4, -0.2) is 126 Å². The van der Waals surface area contributed by atoms with Gasteiger partial charge in [0.15, 0.2) is 11.5 Å². The molecule has 0 saturated carbocycles. The first-order valence-electron chi connectivity index (χ1n) is 21.8. The Kier molecular flexibility index (Phi) is 15.6. The Morgan fingerprint density at radius 2 is 0.892 bits per heavy atom. The maximum Gasteiger partial charge on any atom is 0.295 e. The van der Waals surface area contributed by atoms with Gasteiger partial charge in [-0.15, -0.1) is 0 Å². The Morgan fingerprint density at radius 3 is 1.23 bits per heavy atom. The number of aliphatic hydroxyl groups excluding tert-OH is 2. The Bertz CT molecular complexity index is 3340. The third-order valence-electron chi connectivity index (χ3n) is 11.3. The quantitative estimate of drug-likeness (QED) is 0.0374. The summed E-state index contributed by atoms with van der Waals surface area (Å²) in [5, 5.41) is 27.3. The highest BCUT2D eigenvalue weighted by molar-refractivity contribution is 7.89. The van der Waals surface area contributed by atoms with Gasteiger partial charge in [-0.1, -0.05) is 0 Å². The van der Waals surface area contributed by atoms with Crippen LogP contribution >= 0.6 is 0 Å². The number of amides is 2. The minimum Gasteiger partial charge on any atom is -0.504 e. The van der Waals surface area contributed by atoms with Gasteiger partial charge in [-0.05, 0) is 97.1 Å². The van der Waals surface area contributed by atoms with E-state index in [-0.39, 0.29) is 110 Å². The molecule has 4 heterocycles. The van der Waals surface area contributed by atoms with Crippen molar-refractivity contribution in [1.82, 2.24) is 8.61 Å². The number of nitrogens with one attached hydrogen (secondary N) is 2. The highest BCUT2D eigenvalue weighted by atomic mass is 32.2. The van der Waals surface area contributed by atoms with Crippen molar-refractivity contribution in [2.75, 3.05) is 63.2 Å². The maximum atomic E-state index is 13.8. The first-order valence-corrected chi connectivity index (χ1v) is 27.6. The molecule has 2 amide bonds. The number of hydrogen-bond acceptors (Lipinski definition) is 18. The van der Waals surface area contributed by atoms with Crippen LogP contribution in [0, 0.1) is 0 Å². The van der Waals surface area contributed by atoms with Gasteiger partial charge in [0.05, 0.1) is 39.0 Å². The first-order chi connectivity index (χ1) is 35.1. The maximum absolute atomic E-state index is 13.8. The molecule has 0 atom stereocenters. The van der Waals surface area contributed by atoms with E-state index in [1.165, 1.54) is 36.8 Å². The lowest BCUT2D eigenvalue weighted by atomic mass is 10.1. The van der Waals surface area contributed by atoms with E-state index in [0.717, 1.165) is 45.0 Å². The Hall–Kier alpha value is -7.12. The summed E-state index contributed by atoms with van der Waals surface area (Å²) in [6, 6.07) is 18.5. The summed E-state index contributed by atoms with van der Waals surface area (Å²) in [6.45, 7) is 0.161. The smallest absolute Gasteiger partial charge is 0.295 e. The van der Waals surface area contributed by atoms with Crippen LogP contribution in [0.5, 0.6) is 11.5 Å². The number of benzene rings is 4. The molecular weight excluding hydrogens is 1060 g/mol. The summed E-state index contributed by atoms with van der Waals surface area (Å²) in [6.07, 6.45) is 2.80. The second-order valence-corrected chi connectivity index (χ2v) is 22.7. The largest absolute Gasteiger partial charge is 0.504 e. The highest BCUT2D eigenvalue weighted by Crippen LogP contribution is 2.36. The minimum atomic E-state index is -5.36. The zero-order chi connectivity index (χ0) is 53.0. The molecule has 0 aliphatic carbocycles. The predicted molar refractivity (Wildman–Crippen MR) is 259 cm³/mol. The average molecular weight is 1100 g/mol. The van der Waals surface area contributed by atoms with E-state index in [9.17, 15) is 62.6 Å². The molecule has 2 fully saturated rings. The van der Waals surface area contributed by atoms with Crippen LogP contribution < -0.4 is 20.1 Å². The second kappa shape index (κ2) is 21.8. The molecule has 74 heavy (non-hydrogen) atoms. The number of nitrogens with zero attached hydrogens (tertiary/aromatic N) is 2. The molecule has 8 rings (SSSR count). The van der Waals surface area contributed by atoms with Crippen LogP contribution in [0.1, 0.15) is 43.4 Å². The van der Waals surface area contributed by atoms with E-state index in [1.807, 2.05) is 0 Å². The second-order valence-electron chi connectivity index (χ2n) is 16.1.